The van der Waals surface area contributed by atoms with Gasteiger partial charge in [0.05, 0.1) is 31.7 Å². The summed E-state index contributed by atoms with van der Waals surface area (Å²) in [6, 6.07) is 10.2. The number of hydrogen-bond donors (Lipinski definition) is 0. The Bertz CT molecular complexity index is 640. The summed E-state index contributed by atoms with van der Waals surface area (Å²) in [6.45, 7) is 18.3. The van der Waals surface area contributed by atoms with Gasteiger partial charge in [0.2, 0.25) is 0 Å². The van der Waals surface area contributed by atoms with Crippen molar-refractivity contribution in [1.82, 2.24) is 0 Å². The molecule has 1 aliphatic heterocycles. The third kappa shape index (κ3) is 8.63. The summed E-state index contributed by atoms with van der Waals surface area (Å²) < 4.78 is 23.8. The Morgan fingerprint density at radius 2 is 1.97 bits per heavy atom. The minimum absolute atomic E-state index is 0.0755. The molecule has 0 bridgehead atoms. The topological polar surface area (TPSA) is 36.9 Å². The Hall–Kier alpha value is -1.62. The molecule has 0 aromatic heterocycles. The summed E-state index contributed by atoms with van der Waals surface area (Å²) in [5.41, 5.74) is 1.19. The van der Waals surface area contributed by atoms with E-state index in [1.165, 1.54) is 5.56 Å². The summed E-state index contributed by atoms with van der Waals surface area (Å²) >= 11 is 0. The predicted octanol–water partition coefficient (Wildman–Crippen LogP) is 6.27. The molecule has 2 rings (SSSR count). The van der Waals surface area contributed by atoms with Crippen LogP contribution in [-0.4, -0.2) is 31.2 Å². The lowest BCUT2D eigenvalue weighted by molar-refractivity contribution is -0.144. The highest BCUT2D eigenvalue weighted by Gasteiger charge is 2.35. The summed E-state index contributed by atoms with van der Waals surface area (Å²) in [5.74, 6) is 1.12. The van der Waals surface area contributed by atoms with Gasteiger partial charge in [-0.1, -0.05) is 56.8 Å². The van der Waals surface area contributed by atoms with Crippen LogP contribution in [0.3, 0.4) is 0 Å². The van der Waals surface area contributed by atoms with Crippen LogP contribution in [0.15, 0.2) is 55.3 Å². The van der Waals surface area contributed by atoms with Crippen molar-refractivity contribution in [3.05, 3.63) is 60.9 Å². The van der Waals surface area contributed by atoms with E-state index in [1.54, 1.807) is 0 Å². The average molecular weight is 417 g/mol. The van der Waals surface area contributed by atoms with E-state index in [-0.39, 0.29) is 12.2 Å². The first kappa shape index (κ1) is 24.6. The van der Waals surface area contributed by atoms with Gasteiger partial charge in [-0.05, 0) is 44.1 Å². The van der Waals surface area contributed by atoms with Crippen LogP contribution in [0.4, 0.5) is 0 Å². The number of allylic oxidation sites excluding steroid dienone is 2. The van der Waals surface area contributed by atoms with Gasteiger partial charge in [0, 0.05) is 12.8 Å². The van der Waals surface area contributed by atoms with Gasteiger partial charge in [-0.3, -0.25) is 0 Å². The van der Waals surface area contributed by atoms with Crippen molar-refractivity contribution in [2.45, 2.75) is 78.0 Å². The zero-order chi connectivity index (χ0) is 22.0. The van der Waals surface area contributed by atoms with E-state index in [4.69, 9.17) is 18.9 Å². The fourth-order valence-corrected chi connectivity index (χ4v) is 3.68. The van der Waals surface area contributed by atoms with Crippen LogP contribution in [0.1, 0.15) is 58.9 Å². The average Bonchev–Trinajstić information content (AvgIpc) is 3.09. The molecule has 4 atom stereocenters. The summed E-state index contributed by atoms with van der Waals surface area (Å²) in [7, 11) is 0. The lowest BCUT2D eigenvalue weighted by Gasteiger charge is -2.27. The number of hydrogen-bond acceptors (Lipinski definition) is 4. The first-order valence-corrected chi connectivity index (χ1v) is 11.2. The Kier molecular flexibility index (Phi) is 10.1. The molecule has 1 saturated heterocycles. The van der Waals surface area contributed by atoms with Gasteiger partial charge >= 0.3 is 0 Å². The van der Waals surface area contributed by atoms with Crippen molar-refractivity contribution >= 4 is 0 Å². The van der Waals surface area contributed by atoms with Gasteiger partial charge in [0.1, 0.15) is 6.10 Å². The smallest absolute Gasteiger partial charge is 0.163 e. The van der Waals surface area contributed by atoms with Crippen molar-refractivity contribution in [2.75, 3.05) is 13.2 Å². The fourth-order valence-electron chi connectivity index (χ4n) is 3.68. The van der Waals surface area contributed by atoms with Crippen molar-refractivity contribution in [1.29, 1.82) is 0 Å². The molecule has 0 N–H and O–H groups in total. The molecule has 1 aliphatic rings. The van der Waals surface area contributed by atoms with Gasteiger partial charge in [0.15, 0.2) is 5.79 Å². The number of benzene rings is 1. The monoisotopic (exact) mass is 416 g/mol. The van der Waals surface area contributed by atoms with Gasteiger partial charge < -0.3 is 18.9 Å². The standard InChI is InChI=1S/C26H40O4/c1-7-11-20(2)24(16-17-27-18-23-12-9-8-10-13-23)29-22(4)15-14-21(3)25-19-28-26(5,6)30-25/h7-10,12-13,20-21,24-25H,1,4,11,14-19H2,2-3,5-6H3/t20-,21-,24+,25-/m0/s1. The van der Waals surface area contributed by atoms with Crippen LogP contribution in [0.5, 0.6) is 0 Å². The zero-order valence-electron chi connectivity index (χ0n) is 19.3. The first-order chi connectivity index (χ1) is 14.3. The van der Waals surface area contributed by atoms with E-state index in [2.05, 4.69) is 39.1 Å². The van der Waals surface area contributed by atoms with E-state index >= 15 is 0 Å². The SMILES string of the molecule is C=CC[C@H](C)[C@@H](CCOCc1ccccc1)OC(=C)CC[C@H](C)[C@@H]1COC(C)(C)O1. The Morgan fingerprint density at radius 3 is 2.60 bits per heavy atom. The quantitative estimate of drug-likeness (QED) is 0.203. The van der Waals surface area contributed by atoms with Crippen LogP contribution in [0, 0.1) is 11.8 Å². The Labute approximate surface area is 183 Å². The largest absolute Gasteiger partial charge is 0.495 e. The van der Waals surface area contributed by atoms with Crippen molar-refractivity contribution in [3.63, 3.8) is 0 Å². The van der Waals surface area contributed by atoms with E-state index in [0.29, 0.717) is 31.7 Å². The van der Waals surface area contributed by atoms with Crippen LogP contribution < -0.4 is 0 Å². The molecule has 168 valence electrons. The first-order valence-electron chi connectivity index (χ1n) is 11.2. The van der Waals surface area contributed by atoms with E-state index in [1.807, 2.05) is 38.1 Å². The third-order valence-electron chi connectivity index (χ3n) is 5.69. The molecule has 1 aromatic carbocycles. The molecule has 30 heavy (non-hydrogen) atoms. The molecule has 0 radical (unpaired) electrons. The number of ether oxygens (including phenoxy) is 4. The normalized spacial score (nSPS) is 21.0. The van der Waals surface area contributed by atoms with Gasteiger partial charge in [0.25, 0.3) is 0 Å². The van der Waals surface area contributed by atoms with Gasteiger partial charge in [-0.15, -0.1) is 6.58 Å². The zero-order valence-corrected chi connectivity index (χ0v) is 19.3. The van der Waals surface area contributed by atoms with Crippen LogP contribution in [0.25, 0.3) is 0 Å². The lowest BCUT2D eigenvalue weighted by atomic mass is 9.97. The molecule has 4 heteroatoms. The molecular weight excluding hydrogens is 376 g/mol. The Morgan fingerprint density at radius 1 is 1.23 bits per heavy atom. The second-order valence-electron chi connectivity index (χ2n) is 8.91. The van der Waals surface area contributed by atoms with Crippen LogP contribution in [-0.2, 0) is 25.6 Å². The fraction of sp³-hybridized carbons (Fsp3) is 0.615. The summed E-state index contributed by atoms with van der Waals surface area (Å²) in [5, 5.41) is 0. The highest BCUT2D eigenvalue weighted by atomic mass is 16.7. The maximum Gasteiger partial charge on any atom is 0.163 e. The predicted molar refractivity (Wildman–Crippen MR) is 122 cm³/mol. The summed E-state index contributed by atoms with van der Waals surface area (Å²) in [6.07, 6.45) is 5.70. The van der Waals surface area contributed by atoms with E-state index in [9.17, 15) is 0 Å². The lowest BCUT2D eigenvalue weighted by Crippen LogP contribution is -2.26. The van der Waals surface area contributed by atoms with Crippen molar-refractivity contribution < 1.29 is 18.9 Å². The van der Waals surface area contributed by atoms with Gasteiger partial charge in [-0.2, -0.15) is 0 Å². The van der Waals surface area contributed by atoms with Crippen molar-refractivity contribution in [2.24, 2.45) is 11.8 Å². The highest BCUT2D eigenvalue weighted by molar-refractivity contribution is 5.13. The molecule has 0 unspecified atom stereocenters. The molecule has 0 spiro atoms. The van der Waals surface area contributed by atoms with E-state index < -0.39 is 5.79 Å². The molecule has 1 heterocycles. The molecule has 0 amide bonds. The van der Waals surface area contributed by atoms with Crippen LogP contribution in [0.2, 0.25) is 0 Å². The molecule has 0 saturated carbocycles. The highest BCUT2D eigenvalue weighted by Crippen LogP contribution is 2.30. The maximum atomic E-state index is 6.28. The molecular formula is C26H40O4. The minimum atomic E-state index is -0.475. The molecule has 1 fully saturated rings. The van der Waals surface area contributed by atoms with E-state index in [0.717, 1.165) is 31.4 Å². The second-order valence-corrected chi connectivity index (χ2v) is 8.91. The third-order valence-corrected chi connectivity index (χ3v) is 5.69. The molecule has 1 aromatic rings. The van der Waals surface area contributed by atoms with Crippen LogP contribution >= 0.6 is 0 Å². The maximum absolute atomic E-state index is 6.28. The number of rotatable bonds is 14. The Balaban J connectivity index is 1.75. The minimum Gasteiger partial charge on any atom is -0.495 e. The molecule has 0 aliphatic carbocycles. The summed E-state index contributed by atoms with van der Waals surface area (Å²) in [4.78, 5) is 0. The van der Waals surface area contributed by atoms with Crippen molar-refractivity contribution in [3.8, 4) is 0 Å². The van der Waals surface area contributed by atoms with Gasteiger partial charge in [-0.25, -0.2) is 0 Å². The molecule has 4 nitrogen and oxygen atoms in total. The second kappa shape index (κ2) is 12.3.